The first-order chi connectivity index (χ1) is 8.74. The Balaban J connectivity index is 2.33. The van der Waals surface area contributed by atoms with Crippen molar-refractivity contribution in [1.82, 2.24) is 4.90 Å². The standard InChI is InChI=1S/C15H20N2O2/c1-9(2)15(3,4)8-17-13(18)11-6-5-10(16)7-12(11)14(17)19/h5-7,9H,8,16H2,1-4H3. The van der Waals surface area contributed by atoms with Gasteiger partial charge in [-0.25, -0.2) is 0 Å². The topological polar surface area (TPSA) is 63.4 Å². The van der Waals surface area contributed by atoms with E-state index in [1.54, 1.807) is 18.2 Å². The maximum atomic E-state index is 12.3. The first-order valence-electron chi connectivity index (χ1n) is 6.50. The third kappa shape index (κ3) is 2.23. The van der Waals surface area contributed by atoms with Crippen molar-refractivity contribution in [3.8, 4) is 0 Å². The number of benzene rings is 1. The van der Waals surface area contributed by atoms with Gasteiger partial charge in [0.2, 0.25) is 0 Å². The van der Waals surface area contributed by atoms with Gasteiger partial charge in [-0.1, -0.05) is 27.7 Å². The van der Waals surface area contributed by atoms with Crippen LogP contribution in [0.25, 0.3) is 0 Å². The Kier molecular flexibility index (Phi) is 3.12. The largest absolute Gasteiger partial charge is 0.399 e. The molecule has 2 rings (SSSR count). The van der Waals surface area contributed by atoms with Gasteiger partial charge < -0.3 is 5.73 Å². The fraction of sp³-hybridized carbons (Fsp3) is 0.467. The van der Waals surface area contributed by atoms with E-state index in [1.165, 1.54) is 4.90 Å². The molecule has 0 radical (unpaired) electrons. The van der Waals surface area contributed by atoms with Crippen molar-refractivity contribution in [2.24, 2.45) is 11.3 Å². The van der Waals surface area contributed by atoms with Gasteiger partial charge in [0.15, 0.2) is 0 Å². The van der Waals surface area contributed by atoms with Crippen LogP contribution in [0, 0.1) is 11.3 Å². The molecule has 19 heavy (non-hydrogen) atoms. The molecule has 0 aromatic heterocycles. The lowest BCUT2D eigenvalue weighted by molar-refractivity contribution is 0.0553. The normalized spacial score (nSPS) is 15.3. The van der Waals surface area contributed by atoms with Gasteiger partial charge in [-0.15, -0.1) is 0 Å². The minimum atomic E-state index is -0.235. The van der Waals surface area contributed by atoms with Crippen LogP contribution in [-0.2, 0) is 0 Å². The molecule has 102 valence electrons. The summed E-state index contributed by atoms with van der Waals surface area (Å²) in [5.74, 6) is -0.0726. The number of nitrogens with zero attached hydrogens (tertiary/aromatic N) is 1. The second-order valence-electron chi connectivity index (χ2n) is 6.14. The highest BCUT2D eigenvalue weighted by molar-refractivity contribution is 6.21. The third-order valence-electron chi connectivity index (χ3n) is 4.12. The summed E-state index contributed by atoms with van der Waals surface area (Å²) in [6.45, 7) is 8.74. The molecule has 0 fully saturated rings. The highest BCUT2D eigenvalue weighted by Gasteiger charge is 2.39. The van der Waals surface area contributed by atoms with Crippen LogP contribution in [0.3, 0.4) is 0 Å². The molecular weight excluding hydrogens is 240 g/mol. The number of carbonyl (C=O) groups excluding carboxylic acids is 2. The molecule has 1 aromatic carbocycles. The van der Waals surface area contributed by atoms with E-state index >= 15 is 0 Å². The summed E-state index contributed by atoms with van der Waals surface area (Å²) in [7, 11) is 0. The van der Waals surface area contributed by atoms with Crippen LogP contribution < -0.4 is 5.73 Å². The SMILES string of the molecule is CC(C)C(C)(C)CN1C(=O)c2ccc(N)cc2C1=O. The Morgan fingerprint density at radius 2 is 1.74 bits per heavy atom. The van der Waals surface area contributed by atoms with Crippen LogP contribution in [0.2, 0.25) is 0 Å². The second kappa shape index (κ2) is 4.37. The van der Waals surface area contributed by atoms with Gasteiger partial charge in [0.25, 0.3) is 11.8 Å². The zero-order valence-electron chi connectivity index (χ0n) is 11.9. The fourth-order valence-corrected chi connectivity index (χ4v) is 2.04. The maximum Gasteiger partial charge on any atom is 0.261 e. The van der Waals surface area contributed by atoms with Gasteiger partial charge in [-0.3, -0.25) is 14.5 Å². The zero-order chi connectivity index (χ0) is 14.4. The zero-order valence-corrected chi connectivity index (χ0v) is 11.9. The molecule has 0 saturated carbocycles. The quantitative estimate of drug-likeness (QED) is 0.671. The molecule has 1 aromatic rings. The van der Waals surface area contributed by atoms with Gasteiger partial charge in [-0.2, -0.15) is 0 Å². The highest BCUT2D eigenvalue weighted by Crippen LogP contribution is 2.32. The first-order valence-corrected chi connectivity index (χ1v) is 6.50. The van der Waals surface area contributed by atoms with E-state index in [9.17, 15) is 9.59 Å². The fourth-order valence-electron chi connectivity index (χ4n) is 2.04. The Morgan fingerprint density at radius 1 is 1.16 bits per heavy atom. The average Bonchev–Trinajstić information content (AvgIpc) is 2.54. The molecule has 0 bridgehead atoms. The van der Waals surface area contributed by atoms with Crippen molar-refractivity contribution < 1.29 is 9.59 Å². The lowest BCUT2D eigenvalue weighted by Crippen LogP contribution is -2.40. The third-order valence-corrected chi connectivity index (χ3v) is 4.12. The molecule has 1 aliphatic heterocycles. The molecule has 0 atom stereocenters. The Bertz CT molecular complexity index is 547. The van der Waals surface area contributed by atoms with Crippen molar-refractivity contribution in [1.29, 1.82) is 0 Å². The van der Waals surface area contributed by atoms with Gasteiger partial charge >= 0.3 is 0 Å². The summed E-state index contributed by atoms with van der Waals surface area (Å²) in [6.07, 6.45) is 0. The maximum absolute atomic E-state index is 12.3. The molecule has 1 heterocycles. The lowest BCUT2D eigenvalue weighted by Gasteiger charge is -2.32. The number of hydrogen-bond acceptors (Lipinski definition) is 3. The summed E-state index contributed by atoms with van der Waals surface area (Å²) in [4.78, 5) is 25.9. The predicted octanol–water partition coefficient (Wildman–Crippen LogP) is 2.55. The monoisotopic (exact) mass is 260 g/mol. The molecule has 2 N–H and O–H groups in total. The summed E-state index contributed by atoms with van der Waals surface area (Å²) in [5, 5.41) is 0. The molecule has 4 nitrogen and oxygen atoms in total. The van der Waals surface area contributed by atoms with Gasteiger partial charge in [0.1, 0.15) is 0 Å². The van der Waals surface area contributed by atoms with Crippen LogP contribution in [-0.4, -0.2) is 23.3 Å². The van der Waals surface area contributed by atoms with Crippen LogP contribution in [0.15, 0.2) is 18.2 Å². The van der Waals surface area contributed by atoms with E-state index in [-0.39, 0.29) is 17.2 Å². The second-order valence-corrected chi connectivity index (χ2v) is 6.14. The van der Waals surface area contributed by atoms with E-state index in [2.05, 4.69) is 27.7 Å². The summed E-state index contributed by atoms with van der Waals surface area (Å²) >= 11 is 0. The number of imide groups is 1. The lowest BCUT2D eigenvalue weighted by atomic mass is 9.81. The predicted molar refractivity (Wildman–Crippen MR) is 74.8 cm³/mol. The molecule has 2 amide bonds. The van der Waals surface area contributed by atoms with E-state index in [4.69, 9.17) is 5.73 Å². The Morgan fingerprint density at radius 3 is 2.32 bits per heavy atom. The summed E-state index contributed by atoms with van der Waals surface area (Å²) in [6, 6.07) is 4.87. The number of carbonyl (C=O) groups is 2. The molecular formula is C15H20N2O2. The Hall–Kier alpha value is -1.84. The van der Waals surface area contributed by atoms with E-state index in [0.29, 0.717) is 29.3 Å². The van der Waals surface area contributed by atoms with Crippen molar-refractivity contribution >= 4 is 17.5 Å². The summed E-state index contributed by atoms with van der Waals surface area (Å²) < 4.78 is 0. The number of fused-ring (bicyclic) bond motifs is 1. The molecule has 1 aliphatic rings. The van der Waals surface area contributed by atoms with E-state index in [1.807, 2.05) is 0 Å². The number of nitrogens with two attached hydrogens (primary N) is 1. The highest BCUT2D eigenvalue weighted by atomic mass is 16.2. The van der Waals surface area contributed by atoms with Crippen LogP contribution in [0.1, 0.15) is 48.4 Å². The molecule has 0 aliphatic carbocycles. The van der Waals surface area contributed by atoms with Crippen molar-refractivity contribution in [3.63, 3.8) is 0 Å². The van der Waals surface area contributed by atoms with Crippen LogP contribution in [0.4, 0.5) is 5.69 Å². The minimum absolute atomic E-state index is 0.112. The number of hydrogen-bond donors (Lipinski definition) is 1. The van der Waals surface area contributed by atoms with Crippen molar-refractivity contribution in [2.45, 2.75) is 27.7 Å². The van der Waals surface area contributed by atoms with Crippen LogP contribution in [0.5, 0.6) is 0 Å². The molecule has 4 heteroatoms. The Labute approximate surface area is 113 Å². The number of rotatable bonds is 3. The minimum Gasteiger partial charge on any atom is -0.399 e. The number of nitrogen functional groups attached to an aromatic ring is 1. The van der Waals surface area contributed by atoms with Gasteiger partial charge in [0.05, 0.1) is 11.1 Å². The molecule has 0 unspecified atom stereocenters. The van der Waals surface area contributed by atoms with E-state index in [0.717, 1.165) is 0 Å². The smallest absolute Gasteiger partial charge is 0.261 e. The van der Waals surface area contributed by atoms with Gasteiger partial charge in [-0.05, 0) is 29.5 Å². The summed E-state index contributed by atoms with van der Waals surface area (Å²) in [5.41, 5.74) is 6.95. The van der Waals surface area contributed by atoms with E-state index < -0.39 is 0 Å². The molecule has 0 saturated heterocycles. The van der Waals surface area contributed by atoms with Crippen molar-refractivity contribution in [2.75, 3.05) is 12.3 Å². The number of amides is 2. The van der Waals surface area contributed by atoms with Crippen molar-refractivity contribution in [3.05, 3.63) is 29.3 Å². The van der Waals surface area contributed by atoms with Gasteiger partial charge in [0, 0.05) is 12.2 Å². The average molecular weight is 260 g/mol. The van der Waals surface area contributed by atoms with Crippen LogP contribution >= 0.6 is 0 Å². The first kappa shape index (κ1) is 13.6. The molecule has 0 spiro atoms. The number of anilines is 1.